The molecular weight excluding hydrogens is 212 g/mol. The van der Waals surface area contributed by atoms with Crippen molar-refractivity contribution in [3.8, 4) is 5.75 Å². The Morgan fingerprint density at radius 2 is 2.27 bits per heavy atom. The highest BCUT2D eigenvalue weighted by Gasteiger charge is 2.31. The Kier molecular flexibility index (Phi) is 2.70. The van der Waals surface area contributed by atoms with Gasteiger partial charge in [0, 0.05) is 22.9 Å². The van der Waals surface area contributed by atoms with Gasteiger partial charge in [-0.1, -0.05) is 31.5 Å². The number of hydrogen-bond acceptors (Lipinski definition) is 2. The minimum absolute atomic E-state index is 0.00286. The lowest BCUT2D eigenvalue weighted by Gasteiger charge is -2.11. The van der Waals surface area contributed by atoms with Crippen LogP contribution in [-0.2, 0) is 11.2 Å². The molecule has 1 aliphatic rings. The number of benzene rings is 1. The first kappa shape index (κ1) is 10.5. The van der Waals surface area contributed by atoms with E-state index in [0.717, 1.165) is 11.3 Å². The third-order valence-electron chi connectivity index (χ3n) is 2.62. The Morgan fingerprint density at radius 3 is 2.87 bits per heavy atom. The highest BCUT2D eigenvalue weighted by Crippen LogP contribution is 2.34. The van der Waals surface area contributed by atoms with Crippen molar-refractivity contribution in [3.05, 3.63) is 28.8 Å². The summed E-state index contributed by atoms with van der Waals surface area (Å²) in [6.45, 7) is 3.77. The quantitative estimate of drug-likeness (QED) is 0.772. The molecule has 1 atom stereocenters. The van der Waals surface area contributed by atoms with Gasteiger partial charge in [0.15, 0.2) is 11.9 Å². The van der Waals surface area contributed by atoms with Crippen LogP contribution in [-0.4, -0.2) is 11.9 Å². The summed E-state index contributed by atoms with van der Waals surface area (Å²) in [6.07, 6.45) is 0.256. The number of fused-ring (bicyclic) bond motifs is 1. The second kappa shape index (κ2) is 3.86. The van der Waals surface area contributed by atoms with E-state index < -0.39 is 0 Å². The van der Waals surface area contributed by atoms with Crippen molar-refractivity contribution in [1.82, 2.24) is 0 Å². The summed E-state index contributed by atoms with van der Waals surface area (Å²) in [7, 11) is 0. The lowest BCUT2D eigenvalue weighted by molar-refractivity contribution is -0.128. The van der Waals surface area contributed by atoms with Gasteiger partial charge in [-0.2, -0.15) is 0 Å². The minimum atomic E-state index is -0.347. The van der Waals surface area contributed by atoms with Gasteiger partial charge >= 0.3 is 0 Å². The maximum absolute atomic E-state index is 11.8. The number of Topliss-reactive ketones (excluding diaryl/α,β-unsaturated/α-hetero) is 1. The normalized spacial score (nSPS) is 18.8. The molecule has 0 saturated carbocycles. The molecule has 1 unspecified atom stereocenters. The molecule has 80 valence electrons. The molecule has 0 fully saturated rings. The average molecular weight is 225 g/mol. The van der Waals surface area contributed by atoms with Crippen molar-refractivity contribution in [2.24, 2.45) is 5.92 Å². The Bertz CT molecular complexity index is 399. The number of hydrogen-bond donors (Lipinski definition) is 0. The number of halogens is 1. The smallest absolute Gasteiger partial charge is 0.176 e. The van der Waals surface area contributed by atoms with E-state index in [1.165, 1.54) is 0 Å². The predicted molar refractivity (Wildman–Crippen MR) is 59.4 cm³/mol. The zero-order valence-corrected chi connectivity index (χ0v) is 9.54. The van der Waals surface area contributed by atoms with Crippen molar-refractivity contribution in [3.63, 3.8) is 0 Å². The molecule has 2 nitrogen and oxygen atoms in total. The highest BCUT2D eigenvalue weighted by molar-refractivity contribution is 6.31. The third kappa shape index (κ3) is 1.86. The van der Waals surface area contributed by atoms with Crippen molar-refractivity contribution >= 4 is 17.4 Å². The second-order valence-electron chi connectivity index (χ2n) is 4.08. The first-order valence-electron chi connectivity index (χ1n) is 5.07. The monoisotopic (exact) mass is 224 g/mol. The van der Waals surface area contributed by atoms with Gasteiger partial charge in [-0.05, 0) is 12.1 Å². The summed E-state index contributed by atoms with van der Waals surface area (Å²) in [5, 5.41) is 0.687. The molecule has 1 heterocycles. The van der Waals surface area contributed by atoms with Gasteiger partial charge in [0.1, 0.15) is 5.75 Å². The Morgan fingerprint density at radius 1 is 1.53 bits per heavy atom. The average Bonchev–Trinajstić information content (AvgIpc) is 2.61. The Labute approximate surface area is 94.2 Å². The topological polar surface area (TPSA) is 26.3 Å². The standard InChI is InChI=1S/C12H13ClO2/c1-7(2)12(14)11-6-8-9(13)4-3-5-10(8)15-11/h3-5,7,11H,6H2,1-2H3. The van der Waals surface area contributed by atoms with Crippen LogP contribution in [0.3, 0.4) is 0 Å². The fraction of sp³-hybridized carbons (Fsp3) is 0.417. The van der Waals surface area contributed by atoms with Crippen LogP contribution in [0, 0.1) is 5.92 Å². The highest BCUT2D eigenvalue weighted by atomic mass is 35.5. The third-order valence-corrected chi connectivity index (χ3v) is 2.98. The van der Waals surface area contributed by atoms with Gasteiger partial charge in [-0.25, -0.2) is 0 Å². The molecule has 15 heavy (non-hydrogen) atoms. The van der Waals surface area contributed by atoms with Crippen LogP contribution in [0.2, 0.25) is 5.02 Å². The van der Waals surface area contributed by atoms with E-state index in [1.807, 2.05) is 32.0 Å². The number of carbonyl (C=O) groups is 1. The van der Waals surface area contributed by atoms with Crippen LogP contribution in [0.25, 0.3) is 0 Å². The fourth-order valence-corrected chi connectivity index (χ4v) is 2.00. The molecule has 0 bridgehead atoms. The Hall–Kier alpha value is -1.02. The molecule has 0 aromatic heterocycles. The maximum Gasteiger partial charge on any atom is 0.176 e. The largest absolute Gasteiger partial charge is 0.482 e. The van der Waals surface area contributed by atoms with E-state index in [1.54, 1.807) is 0 Å². The van der Waals surface area contributed by atoms with Crippen molar-refractivity contribution in [1.29, 1.82) is 0 Å². The summed E-state index contributed by atoms with van der Waals surface area (Å²) in [4.78, 5) is 11.8. The van der Waals surface area contributed by atoms with Gasteiger partial charge in [0.25, 0.3) is 0 Å². The molecule has 2 rings (SSSR count). The molecule has 1 aliphatic heterocycles. The van der Waals surface area contributed by atoms with Crippen LogP contribution >= 0.6 is 11.6 Å². The predicted octanol–water partition coefficient (Wildman–Crippen LogP) is 2.87. The van der Waals surface area contributed by atoms with E-state index in [9.17, 15) is 4.79 Å². The molecule has 0 N–H and O–H groups in total. The molecule has 0 saturated heterocycles. The molecule has 0 spiro atoms. The molecular formula is C12H13ClO2. The first-order valence-corrected chi connectivity index (χ1v) is 5.45. The molecule has 1 aromatic rings. The van der Waals surface area contributed by atoms with E-state index >= 15 is 0 Å². The minimum Gasteiger partial charge on any atom is -0.482 e. The second-order valence-corrected chi connectivity index (χ2v) is 4.49. The van der Waals surface area contributed by atoms with E-state index in [2.05, 4.69) is 0 Å². The van der Waals surface area contributed by atoms with Gasteiger partial charge in [0.05, 0.1) is 0 Å². The van der Waals surface area contributed by atoms with Crippen molar-refractivity contribution in [2.45, 2.75) is 26.4 Å². The zero-order chi connectivity index (χ0) is 11.0. The molecule has 0 aliphatic carbocycles. The maximum atomic E-state index is 11.8. The van der Waals surface area contributed by atoms with E-state index in [-0.39, 0.29) is 17.8 Å². The van der Waals surface area contributed by atoms with Crippen molar-refractivity contribution < 1.29 is 9.53 Å². The van der Waals surface area contributed by atoms with E-state index in [0.29, 0.717) is 11.4 Å². The Balaban J connectivity index is 2.23. The summed E-state index contributed by atoms with van der Waals surface area (Å²) >= 11 is 6.03. The van der Waals surface area contributed by atoms with E-state index in [4.69, 9.17) is 16.3 Å². The van der Waals surface area contributed by atoms with Gasteiger partial charge in [-0.3, -0.25) is 4.79 Å². The van der Waals surface area contributed by atoms with Gasteiger partial charge < -0.3 is 4.74 Å². The molecule has 1 aromatic carbocycles. The SMILES string of the molecule is CC(C)C(=O)C1Cc2c(Cl)cccc2O1. The lowest BCUT2D eigenvalue weighted by Crippen LogP contribution is -2.29. The molecule has 0 amide bonds. The van der Waals surface area contributed by atoms with Crippen LogP contribution < -0.4 is 4.74 Å². The number of ether oxygens (including phenoxy) is 1. The van der Waals surface area contributed by atoms with Crippen LogP contribution in [0.5, 0.6) is 5.75 Å². The fourth-order valence-electron chi connectivity index (χ4n) is 1.76. The van der Waals surface area contributed by atoms with Crippen molar-refractivity contribution in [2.75, 3.05) is 0 Å². The summed E-state index contributed by atoms with van der Waals surface area (Å²) < 4.78 is 5.58. The number of rotatable bonds is 2. The zero-order valence-electron chi connectivity index (χ0n) is 8.79. The summed E-state index contributed by atoms with van der Waals surface area (Å²) in [5.41, 5.74) is 0.957. The number of ketones is 1. The molecule has 0 radical (unpaired) electrons. The van der Waals surface area contributed by atoms with Gasteiger partial charge in [-0.15, -0.1) is 0 Å². The van der Waals surface area contributed by atoms with Crippen LogP contribution in [0.4, 0.5) is 0 Å². The molecule has 3 heteroatoms. The lowest BCUT2D eigenvalue weighted by atomic mass is 10.00. The van der Waals surface area contributed by atoms with Gasteiger partial charge in [0.2, 0.25) is 0 Å². The summed E-state index contributed by atoms with van der Waals surface area (Å²) in [5.74, 6) is 0.895. The van der Waals surface area contributed by atoms with Crippen LogP contribution in [0.15, 0.2) is 18.2 Å². The number of carbonyl (C=O) groups excluding carboxylic acids is 1. The van der Waals surface area contributed by atoms with Crippen LogP contribution in [0.1, 0.15) is 19.4 Å². The summed E-state index contributed by atoms with van der Waals surface area (Å²) in [6, 6.07) is 5.52. The first-order chi connectivity index (χ1) is 7.09.